The fourth-order valence-corrected chi connectivity index (χ4v) is 3.00. The number of aromatic nitrogens is 2. The van der Waals surface area contributed by atoms with Crippen LogP contribution in [0.5, 0.6) is 0 Å². The van der Waals surface area contributed by atoms with Crippen molar-refractivity contribution in [2.45, 2.75) is 19.9 Å². The van der Waals surface area contributed by atoms with Gasteiger partial charge in [0.25, 0.3) is 5.91 Å². The van der Waals surface area contributed by atoms with Crippen LogP contribution in [0, 0.1) is 17.0 Å². The summed E-state index contributed by atoms with van der Waals surface area (Å²) in [4.78, 5) is 22.8. The highest BCUT2D eigenvalue weighted by atomic mass is 35.5. The zero-order valence-electron chi connectivity index (χ0n) is 15.2. The monoisotopic (exact) mass is 399 g/mol. The number of H-pyrrole nitrogens is 1. The van der Waals surface area contributed by atoms with Crippen LogP contribution in [0.2, 0.25) is 5.02 Å². The number of aromatic amines is 1. The molecular weight excluding hydrogens is 382 g/mol. The fraction of sp³-hybridized carbons (Fsp3) is 0.158. The predicted molar refractivity (Wildman–Crippen MR) is 108 cm³/mol. The van der Waals surface area contributed by atoms with E-state index >= 15 is 0 Å². The van der Waals surface area contributed by atoms with Crippen LogP contribution in [0.25, 0.3) is 0 Å². The molecule has 1 unspecified atom stereocenters. The van der Waals surface area contributed by atoms with E-state index in [2.05, 4.69) is 20.8 Å². The lowest BCUT2D eigenvalue weighted by Crippen LogP contribution is -2.14. The zero-order chi connectivity index (χ0) is 20.3. The van der Waals surface area contributed by atoms with E-state index in [0.29, 0.717) is 16.4 Å². The molecule has 28 heavy (non-hydrogen) atoms. The van der Waals surface area contributed by atoms with Crippen LogP contribution in [0.1, 0.15) is 34.7 Å². The summed E-state index contributed by atoms with van der Waals surface area (Å²) in [6.45, 7) is 3.49. The normalized spacial score (nSPS) is 11.7. The van der Waals surface area contributed by atoms with E-state index < -0.39 is 10.8 Å². The molecule has 3 N–H and O–H groups in total. The predicted octanol–water partition coefficient (Wildman–Crippen LogP) is 4.71. The molecule has 0 spiro atoms. The van der Waals surface area contributed by atoms with Crippen LogP contribution in [0.4, 0.5) is 17.1 Å². The Kier molecular flexibility index (Phi) is 5.60. The van der Waals surface area contributed by atoms with Crippen molar-refractivity contribution in [3.8, 4) is 0 Å². The molecule has 0 bridgehead atoms. The van der Waals surface area contributed by atoms with Crippen molar-refractivity contribution in [3.05, 3.63) is 80.6 Å². The Labute approximate surface area is 166 Å². The van der Waals surface area contributed by atoms with Crippen LogP contribution in [-0.2, 0) is 0 Å². The topological polar surface area (TPSA) is 113 Å². The second-order valence-corrected chi connectivity index (χ2v) is 6.64. The molecule has 1 aromatic heterocycles. The fourth-order valence-electron chi connectivity index (χ4n) is 2.76. The van der Waals surface area contributed by atoms with Gasteiger partial charge in [-0.3, -0.25) is 20.0 Å². The summed E-state index contributed by atoms with van der Waals surface area (Å²) in [5.74, 6) is -0.689. The van der Waals surface area contributed by atoms with Crippen molar-refractivity contribution in [2.75, 3.05) is 10.6 Å². The van der Waals surface area contributed by atoms with Crippen LogP contribution < -0.4 is 10.6 Å². The van der Waals surface area contributed by atoms with Crippen molar-refractivity contribution in [3.63, 3.8) is 0 Å². The molecule has 8 nitrogen and oxygen atoms in total. The third-order valence-corrected chi connectivity index (χ3v) is 4.52. The summed E-state index contributed by atoms with van der Waals surface area (Å²) in [7, 11) is 0. The third-order valence-electron chi connectivity index (χ3n) is 4.21. The van der Waals surface area contributed by atoms with Crippen LogP contribution in [0.15, 0.2) is 48.5 Å². The van der Waals surface area contributed by atoms with Gasteiger partial charge in [-0.05, 0) is 37.6 Å². The number of nitro groups is 1. The Balaban J connectivity index is 1.74. The zero-order valence-corrected chi connectivity index (χ0v) is 15.9. The number of hydrogen-bond donors (Lipinski definition) is 3. The second-order valence-electron chi connectivity index (χ2n) is 6.23. The number of amides is 1. The number of benzene rings is 2. The molecule has 2 aromatic carbocycles. The number of nitrogens with one attached hydrogen (secondary N) is 3. The van der Waals surface area contributed by atoms with Crippen LogP contribution >= 0.6 is 11.6 Å². The van der Waals surface area contributed by atoms with Crippen molar-refractivity contribution in [1.82, 2.24) is 10.2 Å². The van der Waals surface area contributed by atoms with Gasteiger partial charge in [0.15, 0.2) is 0 Å². The Bertz CT molecular complexity index is 1020. The number of carbonyl (C=O) groups excluding carboxylic acids is 1. The average Bonchev–Trinajstić information content (AvgIpc) is 3.06. The maximum atomic E-state index is 12.4. The van der Waals surface area contributed by atoms with Crippen LogP contribution in [-0.4, -0.2) is 21.0 Å². The molecule has 0 aliphatic rings. The summed E-state index contributed by atoms with van der Waals surface area (Å²) >= 11 is 6.33. The van der Waals surface area contributed by atoms with Gasteiger partial charge in [0.1, 0.15) is 5.69 Å². The van der Waals surface area contributed by atoms with Crippen molar-refractivity contribution >= 4 is 34.6 Å². The summed E-state index contributed by atoms with van der Waals surface area (Å²) in [5.41, 5.74) is 1.80. The number of nitrogens with zero attached hydrogens (tertiary/aromatic N) is 2. The lowest BCUT2D eigenvalue weighted by molar-refractivity contribution is -0.385. The first-order valence-corrected chi connectivity index (χ1v) is 8.86. The van der Waals surface area contributed by atoms with E-state index in [-0.39, 0.29) is 23.1 Å². The Morgan fingerprint density at radius 2 is 1.96 bits per heavy atom. The van der Waals surface area contributed by atoms with Crippen LogP contribution in [0.3, 0.4) is 0 Å². The first-order chi connectivity index (χ1) is 13.4. The molecule has 0 radical (unpaired) electrons. The van der Waals surface area contributed by atoms with E-state index in [9.17, 15) is 14.9 Å². The van der Waals surface area contributed by atoms with E-state index in [0.717, 1.165) is 5.56 Å². The number of halogens is 1. The van der Waals surface area contributed by atoms with Gasteiger partial charge in [-0.25, -0.2) is 0 Å². The largest absolute Gasteiger partial charge is 0.377 e. The van der Waals surface area contributed by atoms with Gasteiger partial charge in [-0.2, -0.15) is 5.10 Å². The highest BCUT2D eigenvalue weighted by Crippen LogP contribution is 2.29. The van der Waals surface area contributed by atoms with Gasteiger partial charge in [0.05, 0.1) is 15.6 Å². The minimum Gasteiger partial charge on any atom is -0.377 e. The molecule has 1 atom stereocenters. The molecule has 0 saturated carbocycles. The van der Waals surface area contributed by atoms with Gasteiger partial charge in [-0.1, -0.05) is 41.9 Å². The molecule has 1 amide bonds. The number of anilines is 2. The Morgan fingerprint density at radius 1 is 1.25 bits per heavy atom. The lowest BCUT2D eigenvalue weighted by atomic mass is 10.1. The van der Waals surface area contributed by atoms with E-state index in [1.807, 2.05) is 37.3 Å². The third kappa shape index (κ3) is 4.12. The molecule has 1 heterocycles. The quantitative estimate of drug-likeness (QED) is 0.410. The Morgan fingerprint density at radius 3 is 2.61 bits per heavy atom. The summed E-state index contributed by atoms with van der Waals surface area (Å²) in [6, 6.07) is 14.9. The lowest BCUT2D eigenvalue weighted by Gasteiger charge is -2.17. The number of hydrogen-bond acceptors (Lipinski definition) is 5. The van der Waals surface area contributed by atoms with E-state index in [4.69, 9.17) is 11.6 Å². The summed E-state index contributed by atoms with van der Waals surface area (Å²) < 4.78 is 0. The standard InChI is InChI=1S/C19H18ClN5O3/c1-11(13-6-4-3-5-7-13)21-16-9-8-14(10-15(16)20)22-19(26)17-18(25(27)28)12(2)23-24-17/h3-11,21H,1-2H3,(H,22,26)(H,23,24). The molecular formula is C19H18ClN5O3. The first kappa shape index (κ1) is 19.4. The van der Waals surface area contributed by atoms with Crippen molar-refractivity contribution < 1.29 is 9.72 Å². The van der Waals surface area contributed by atoms with E-state index in [1.165, 1.54) is 6.92 Å². The summed E-state index contributed by atoms with van der Waals surface area (Å²) in [5, 5.41) is 23.6. The summed E-state index contributed by atoms with van der Waals surface area (Å²) in [6.07, 6.45) is 0. The minimum absolute atomic E-state index is 0.0359. The highest BCUT2D eigenvalue weighted by Gasteiger charge is 2.27. The number of carbonyl (C=O) groups is 1. The maximum Gasteiger partial charge on any atom is 0.322 e. The van der Waals surface area contributed by atoms with E-state index in [1.54, 1.807) is 18.2 Å². The first-order valence-electron chi connectivity index (χ1n) is 8.48. The minimum atomic E-state index is -0.689. The van der Waals surface area contributed by atoms with Gasteiger partial charge >= 0.3 is 5.69 Å². The molecule has 0 aliphatic carbocycles. The smallest absolute Gasteiger partial charge is 0.322 e. The number of aryl methyl sites for hydroxylation is 1. The highest BCUT2D eigenvalue weighted by molar-refractivity contribution is 6.33. The number of rotatable bonds is 6. The SMILES string of the molecule is Cc1[nH]nc(C(=O)Nc2ccc(NC(C)c3ccccc3)c(Cl)c2)c1[N+](=O)[O-]. The second kappa shape index (κ2) is 8.10. The molecule has 3 aromatic rings. The molecule has 0 aliphatic heterocycles. The molecule has 9 heteroatoms. The van der Waals surface area contributed by atoms with Gasteiger partial charge in [0, 0.05) is 11.7 Å². The maximum absolute atomic E-state index is 12.4. The van der Waals surface area contributed by atoms with Crippen molar-refractivity contribution in [2.24, 2.45) is 0 Å². The molecule has 0 fully saturated rings. The molecule has 0 saturated heterocycles. The Hall–Kier alpha value is -3.39. The van der Waals surface area contributed by atoms with Gasteiger partial charge in [-0.15, -0.1) is 0 Å². The molecule has 144 valence electrons. The average molecular weight is 400 g/mol. The molecule has 3 rings (SSSR count). The van der Waals surface area contributed by atoms with Crippen molar-refractivity contribution in [1.29, 1.82) is 0 Å². The van der Waals surface area contributed by atoms with Gasteiger partial charge in [0.2, 0.25) is 5.69 Å². The van der Waals surface area contributed by atoms with Gasteiger partial charge < -0.3 is 10.6 Å².